The number of benzene rings is 1. The van der Waals surface area contributed by atoms with Crippen LogP contribution in [0.2, 0.25) is 0 Å². The predicted molar refractivity (Wildman–Crippen MR) is 44.7 cm³/mol. The molecular weight excluding hydrogens is 140 g/mol. The number of ether oxygens (including phenoxy) is 1. The molecule has 0 unspecified atom stereocenters. The number of phenols is 1. The topological polar surface area (TPSA) is 29.5 Å². The first kappa shape index (κ1) is 4.44. The zero-order chi connectivity index (χ0) is 10.8. The van der Waals surface area contributed by atoms with E-state index in [1.54, 1.807) is 6.07 Å². The van der Waals surface area contributed by atoms with E-state index in [0.717, 1.165) is 0 Å². The zero-order valence-corrected chi connectivity index (χ0v) is 5.87. The number of hydrogen-bond donors (Lipinski definition) is 1. The van der Waals surface area contributed by atoms with Crippen molar-refractivity contribution in [1.82, 2.24) is 0 Å². The Morgan fingerprint density at radius 3 is 3.18 bits per heavy atom. The van der Waals surface area contributed by atoms with Gasteiger partial charge in [0.2, 0.25) is 0 Å². The van der Waals surface area contributed by atoms with Gasteiger partial charge in [0.15, 0.2) is 11.5 Å². The molecule has 58 valence electrons. The first-order valence-corrected chi connectivity index (χ1v) is 3.07. The van der Waals surface area contributed by atoms with Crippen LogP contribution < -0.4 is 4.74 Å². The summed E-state index contributed by atoms with van der Waals surface area (Å²) in [5.41, 5.74) is 0.682. The molecule has 0 spiro atoms. The smallest absolute Gasteiger partial charge is 0.161 e. The fourth-order valence-electron chi connectivity index (χ4n) is 0.739. The second kappa shape index (κ2) is 3.10. The van der Waals surface area contributed by atoms with Crippen LogP contribution in [-0.2, 0) is 0 Å². The summed E-state index contributed by atoms with van der Waals surface area (Å²) in [6, 6.07) is 4.38. The van der Waals surface area contributed by atoms with Crippen molar-refractivity contribution >= 4 is 6.08 Å². The van der Waals surface area contributed by atoms with E-state index in [1.807, 2.05) is 0 Å². The monoisotopic (exact) mass is 153 g/mol. The van der Waals surface area contributed by atoms with E-state index in [-0.39, 0.29) is 11.5 Å². The van der Waals surface area contributed by atoms with Gasteiger partial charge >= 0.3 is 0 Å². The molecule has 0 bridgehead atoms. The molecule has 0 aromatic heterocycles. The van der Waals surface area contributed by atoms with Gasteiger partial charge in [0.05, 0.1) is 11.2 Å². The summed E-state index contributed by atoms with van der Waals surface area (Å²) < 4.78 is 25.2. The molecule has 1 N–H and O–H groups in total. The quantitative estimate of drug-likeness (QED) is 0.704. The highest BCUT2D eigenvalue weighted by molar-refractivity contribution is 5.53. The van der Waals surface area contributed by atoms with Gasteiger partial charge in [-0.25, -0.2) is 0 Å². The highest BCUT2D eigenvalue weighted by Crippen LogP contribution is 2.26. The molecule has 0 amide bonds. The Hall–Kier alpha value is -1.44. The summed E-state index contributed by atoms with van der Waals surface area (Å²) in [5.74, 6) is -0.269. The molecule has 0 fully saturated rings. The number of aromatic hydroxyl groups is 1. The van der Waals surface area contributed by atoms with Gasteiger partial charge in [0, 0.05) is 0 Å². The van der Waals surface area contributed by atoms with Gasteiger partial charge in [0.1, 0.15) is 0 Å². The van der Waals surface area contributed by atoms with Crippen LogP contribution in [0.3, 0.4) is 0 Å². The molecule has 0 aliphatic carbocycles. The molecule has 0 saturated carbocycles. The van der Waals surface area contributed by atoms with Crippen molar-refractivity contribution in [3.8, 4) is 11.5 Å². The fourth-order valence-corrected chi connectivity index (χ4v) is 0.739. The summed E-state index contributed by atoms with van der Waals surface area (Å²) in [5, 5.41) is 9.28. The third-order valence-electron chi connectivity index (χ3n) is 1.33. The van der Waals surface area contributed by atoms with Crippen LogP contribution >= 0.6 is 0 Å². The Morgan fingerprint density at radius 2 is 2.55 bits per heavy atom. The first-order valence-electron chi connectivity index (χ1n) is 4.57. The average Bonchev–Trinajstić information content (AvgIpc) is 2.06. The summed E-state index contributed by atoms with van der Waals surface area (Å²) >= 11 is 0. The zero-order valence-electron chi connectivity index (χ0n) is 8.87. The fraction of sp³-hybridized carbons (Fsp3) is 0.111. The summed E-state index contributed by atoms with van der Waals surface area (Å²) in [6.45, 7) is 3.52. The van der Waals surface area contributed by atoms with Gasteiger partial charge in [-0.15, -0.1) is 0 Å². The Kier molecular flexibility index (Phi) is 1.25. The van der Waals surface area contributed by atoms with Gasteiger partial charge in [-0.3, -0.25) is 0 Å². The minimum absolute atomic E-state index is 0.0672. The number of methoxy groups -OCH3 is 1. The lowest BCUT2D eigenvalue weighted by molar-refractivity contribution is 0.373. The molecule has 1 aromatic rings. The van der Waals surface area contributed by atoms with E-state index in [2.05, 4.69) is 11.3 Å². The minimum Gasteiger partial charge on any atom is -0.504 e. The molecule has 2 nitrogen and oxygen atoms in total. The molecular formula is C9H10O2. The summed E-state index contributed by atoms with van der Waals surface area (Å²) in [4.78, 5) is 0. The largest absolute Gasteiger partial charge is 0.504 e. The van der Waals surface area contributed by atoms with E-state index >= 15 is 0 Å². The lowest BCUT2D eigenvalue weighted by Gasteiger charge is -2.02. The standard InChI is InChI=1S/C9H10O2/c1-3-7-4-5-8(10)9(6-7)11-2/h3-6,10H,1H2,2H3/i2D3. The van der Waals surface area contributed by atoms with Crippen molar-refractivity contribution < 1.29 is 14.0 Å². The molecule has 1 aromatic carbocycles. The maximum Gasteiger partial charge on any atom is 0.161 e. The van der Waals surface area contributed by atoms with Crippen molar-refractivity contribution in [2.24, 2.45) is 0 Å². The first-order chi connectivity index (χ1) is 6.42. The molecule has 0 aliphatic rings. The van der Waals surface area contributed by atoms with E-state index in [9.17, 15) is 5.11 Å². The van der Waals surface area contributed by atoms with Gasteiger partial charge in [-0.05, 0) is 17.7 Å². The Bertz CT molecular complexity index is 344. The molecule has 1 rings (SSSR count). The Morgan fingerprint density at radius 1 is 1.73 bits per heavy atom. The van der Waals surface area contributed by atoms with Crippen LogP contribution in [0, 0.1) is 0 Å². The lowest BCUT2D eigenvalue weighted by Crippen LogP contribution is -1.83. The van der Waals surface area contributed by atoms with Gasteiger partial charge < -0.3 is 9.84 Å². The Balaban J connectivity index is 3.01. The van der Waals surface area contributed by atoms with Crippen LogP contribution in [0.25, 0.3) is 6.08 Å². The summed E-state index contributed by atoms with van der Waals surface area (Å²) in [7, 11) is -2.56. The average molecular weight is 153 g/mol. The maximum atomic E-state index is 9.28. The normalized spacial score (nSPS) is 14.4. The third-order valence-corrected chi connectivity index (χ3v) is 1.33. The molecule has 0 atom stereocenters. The second-order valence-corrected chi connectivity index (χ2v) is 2.03. The van der Waals surface area contributed by atoms with Crippen molar-refractivity contribution in [1.29, 1.82) is 0 Å². The highest BCUT2D eigenvalue weighted by atomic mass is 16.5. The predicted octanol–water partition coefficient (Wildman–Crippen LogP) is 2.04. The van der Waals surface area contributed by atoms with Gasteiger partial charge in [-0.1, -0.05) is 18.7 Å². The van der Waals surface area contributed by atoms with Crippen molar-refractivity contribution in [2.45, 2.75) is 0 Å². The van der Waals surface area contributed by atoms with E-state index < -0.39 is 7.04 Å². The van der Waals surface area contributed by atoms with Crippen LogP contribution in [-0.4, -0.2) is 12.1 Å². The summed E-state index contributed by atoms with van der Waals surface area (Å²) in [6.07, 6.45) is 1.53. The maximum absolute atomic E-state index is 9.28. The molecule has 2 heteroatoms. The number of rotatable bonds is 2. The second-order valence-electron chi connectivity index (χ2n) is 2.03. The molecule has 0 radical (unpaired) electrons. The number of phenolic OH excluding ortho intramolecular Hbond substituents is 1. The van der Waals surface area contributed by atoms with Crippen LogP contribution in [0.15, 0.2) is 24.8 Å². The highest BCUT2D eigenvalue weighted by Gasteiger charge is 1.98. The van der Waals surface area contributed by atoms with E-state index in [0.29, 0.717) is 5.56 Å². The van der Waals surface area contributed by atoms with Gasteiger partial charge in [0.25, 0.3) is 0 Å². The van der Waals surface area contributed by atoms with E-state index in [1.165, 1.54) is 18.2 Å². The SMILES string of the molecule is [2H]C([2H])([2H])Oc1cc(C=C)ccc1O. The van der Waals surface area contributed by atoms with E-state index in [4.69, 9.17) is 4.11 Å². The lowest BCUT2D eigenvalue weighted by atomic mass is 10.2. The minimum atomic E-state index is -2.56. The van der Waals surface area contributed by atoms with Crippen molar-refractivity contribution in [3.05, 3.63) is 30.3 Å². The van der Waals surface area contributed by atoms with Crippen LogP contribution in [0.4, 0.5) is 0 Å². The van der Waals surface area contributed by atoms with Crippen LogP contribution in [0.5, 0.6) is 11.5 Å². The molecule has 0 aliphatic heterocycles. The molecule has 0 saturated heterocycles. The van der Waals surface area contributed by atoms with Gasteiger partial charge in [-0.2, -0.15) is 0 Å². The van der Waals surface area contributed by atoms with Crippen molar-refractivity contribution in [2.75, 3.05) is 7.04 Å². The Labute approximate surface area is 70.0 Å². The molecule has 0 heterocycles. The van der Waals surface area contributed by atoms with Crippen molar-refractivity contribution in [3.63, 3.8) is 0 Å². The third kappa shape index (κ3) is 1.52. The van der Waals surface area contributed by atoms with Crippen LogP contribution in [0.1, 0.15) is 9.68 Å². The molecule has 11 heavy (non-hydrogen) atoms. The number of hydrogen-bond acceptors (Lipinski definition) is 2.